The minimum absolute atomic E-state index is 0.0196. The molecule has 1 fully saturated rings. The predicted molar refractivity (Wildman–Crippen MR) is 86.3 cm³/mol. The Labute approximate surface area is 132 Å². The van der Waals surface area contributed by atoms with Crippen LogP contribution in [0.3, 0.4) is 0 Å². The van der Waals surface area contributed by atoms with Crippen LogP contribution in [-0.2, 0) is 0 Å². The highest BCUT2D eigenvalue weighted by Gasteiger charge is 2.27. The molecule has 0 amide bonds. The first-order chi connectivity index (χ1) is 10.1. The van der Waals surface area contributed by atoms with Gasteiger partial charge in [0.15, 0.2) is 11.5 Å². The van der Waals surface area contributed by atoms with E-state index in [4.69, 9.17) is 16.3 Å². The van der Waals surface area contributed by atoms with Crippen LogP contribution >= 0.6 is 11.6 Å². The summed E-state index contributed by atoms with van der Waals surface area (Å²) >= 11 is 6.17. The highest BCUT2D eigenvalue weighted by Crippen LogP contribution is 2.40. The van der Waals surface area contributed by atoms with Gasteiger partial charge in [0.25, 0.3) is 0 Å². The zero-order valence-corrected chi connectivity index (χ0v) is 13.8. The summed E-state index contributed by atoms with van der Waals surface area (Å²) in [6.45, 7) is 8.54. The monoisotopic (exact) mass is 312 g/mol. The van der Waals surface area contributed by atoms with Crippen molar-refractivity contribution in [2.45, 2.75) is 26.3 Å². The third-order valence-electron chi connectivity index (χ3n) is 4.34. The molecular weight excluding hydrogens is 288 g/mol. The van der Waals surface area contributed by atoms with Crippen molar-refractivity contribution in [3.05, 3.63) is 22.7 Å². The average Bonchev–Trinajstić information content (AvgIpc) is 2.51. The quantitative estimate of drug-likeness (QED) is 0.877. The fourth-order valence-electron chi connectivity index (χ4n) is 3.00. The molecule has 1 saturated heterocycles. The van der Waals surface area contributed by atoms with Gasteiger partial charge in [-0.15, -0.1) is 0 Å². The Morgan fingerprint density at radius 3 is 2.62 bits per heavy atom. The minimum atomic E-state index is 0.0196. The van der Waals surface area contributed by atoms with Crippen molar-refractivity contribution in [1.82, 2.24) is 10.2 Å². The lowest BCUT2D eigenvalue weighted by atomic mass is 9.90. The molecule has 2 atom stereocenters. The highest BCUT2D eigenvalue weighted by atomic mass is 35.5. The van der Waals surface area contributed by atoms with E-state index in [0.29, 0.717) is 22.7 Å². The van der Waals surface area contributed by atoms with Gasteiger partial charge in [0, 0.05) is 32.2 Å². The molecule has 0 spiro atoms. The number of ether oxygens (including phenoxy) is 1. The molecule has 1 aromatic rings. The van der Waals surface area contributed by atoms with Crippen LogP contribution in [0.5, 0.6) is 11.5 Å². The van der Waals surface area contributed by atoms with E-state index in [1.165, 1.54) is 0 Å². The summed E-state index contributed by atoms with van der Waals surface area (Å²) in [5.74, 6) is 0.973. The number of nitrogens with zero attached hydrogens (tertiary/aromatic N) is 1. The van der Waals surface area contributed by atoms with Gasteiger partial charge in [0.2, 0.25) is 0 Å². The SMILES string of the molecule is CCC(C)[C@@H](c1cc(Cl)c(O)c(OC)c1)N1CCNCC1. The number of hydrogen-bond acceptors (Lipinski definition) is 4. The Morgan fingerprint density at radius 2 is 2.05 bits per heavy atom. The minimum Gasteiger partial charge on any atom is -0.503 e. The summed E-state index contributed by atoms with van der Waals surface area (Å²) in [6.07, 6.45) is 1.09. The summed E-state index contributed by atoms with van der Waals surface area (Å²) in [5, 5.41) is 13.7. The van der Waals surface area contributed by atoms with E-state index in [1.807, 2.05) is 12.1 Å². The third-order valence-corrected chi connectivity index (χ3v) is 4.63. The lowest BCUT2D eigenvalue weighted by Gasteiger charge is -2.38. The van der Waals surface area contributed by atoms with Crippen molar-refractivity contribution in [3.63, 3.8) is 0 Å². The summed E-state index contributed by atoms with van der Waals surface area (Å²) in [6, 6.07) is 4.09. The maximum absolute atomic E-state index is 9.93. The first-order valence-electron chi connectivity index (χ1n) is 7.59. The molecule has 0 aliphatic carbocycles. The zero-order chi connectivity index (χ0) is 15.4. The summed E-state index contributed by atoms with van der Waals surface area (Å²) < 4.78 is 5.25. The van der Waals surface area contributed by atoms with Gasteiger partial charge in [-0.25, -0.2) is 0 Å². The number of benzene rings is 1. The highest BCUT2D eigenvalue weighted by molar-refractivity contribution is 6.32. The van der Waals surface area contributed by atoms with Crippen LogP contribution < -0.4 is 10.1 Å². The van der Waals surface area contributed by atoms with Gasteiger partial charge in [-0.05, 0) is 23.6 Å². The van der Waals surface area contributed by atoms with Crippen LogP contribution in [0.4, 0.5) is 0 Å². The van der Waals surface area contributed by atoms with E-state index < -0.39 is 0 Å². The van der Waals surface area contributed by atoms with Crippen molar-refractivity contribution in [2.75, 3.05) is 33.3 Å². The van der Waals surface area contributed by atoms with Crippen LogP contribution in [0, 0.1) is 5.92 Å². The fourth-order valence-corrected chi connectivity index (χ4v) is 3.22. The number of aromatic hydroxyl groups is 1. The molecule has 0 saturated carbocycles. The fraction of sp³-hybridized carbons (Fsp3) is 0.625. The van der Waals surface area contributed by atoms with E-state index >= 15 is 0 Å². The normalized spacial score (nSPS) is 19.2. The van der Waals surface area contributed by atoms with Crippen LogP contribution in [0.15, 0.2) is 12.1 Å². The summed E-state index contributed by atoms with van der Waals surface area (Å²) in [4.78, 5) is 2.49. The van der Waals surface area contributed by atoms with Gasteiger partial charge >= 0.3 is 0 Å². The van der Waals surface area contributed by atoms with Crippen molar-refractivity contribution in [1.29, 1.82) is 0 Å². The lowest BCUT2D eigenvalue weighted by molar-refractivity contribution is 0.128. The van der Waals surface area contributed by atoms with Crippen molar-refractivity contribution >= 4 is 11.6 Å². The van der Waals surface area contributed by atoms with E-state index in [-0.39, 0.29) is 5.75 Å². The first-order valence-corrected chi connectivity index (χ1v) is 7.97. The van der Waals surface area contributed by atoms with Gasteiger partial charge in [0.05, 0.1) is 12.1 Å². The van der Waals surface area contributed by atoms with E-state index in [0.717, 1.165) is 38.2 Å². The summed E-state index contributed by atoms with van der Waals surface area (Å²) in [7, 11) is 1.55. The number of nitrogens with one attached hydrogen (secondary N) is 1. The molecule has 1 aromatic carbocycles. The standard InChI is InChI=1S/C16H25ClN2O2/c1-4-11(2)15(19-7-5-18-6-8-19)12-9-13(17)16(20)14(10-12)21-3/h9-11,15,18,20H,4-8H2,1-3H3/t11?,15-/m0/s1. The summed E-state index contributed by atoms with van der Waals surface area (Å²) in [5.41, 5.74) is 1.12. The van der Waals surface area contributed by atoms with Crippen molar-refractivity contribution < 1.29 is 9.84 Å². The Bertz CT molecular complexity index is 476. The maximum Gasteiger partial charge on any atom is 0.176 e. The molecule has 0 bridgehead atoms. The largest absolute Gasteiger partial charge is 0.503 e. The molecule has 0 radical (unpaired) electrons. The number of phenolic OH excluding ortho intramolecular Hbond substituents is 1. The molecule has 2 rings (SSSR count). The van der Waals surface area contributed by atoms with Gasteiger partial charge in [0.1, 0.15) is 0 Å². The zero-order valence-electron chi connectivity index (χ0n) is 13.0. The number of hydrogen-bond donors (Lipinski definition) is 2. The molecule has 21 heavy (non-hydrogen) atoms. The molecular formula is C16H25ClN2O2. The Hall–Kier alpha value is -0.970. The molecule has 2 N–H and O–H groups in total. The van der Waals surface area contributed by atoms with Crippen molar-refractivity contribution in [3.8, 4) is 11.5 Å². The number of rotatable bonds is 5. The first kappa shape index (κ1) is 16.4. The topological polar surface area (TPSA) is 44.7 Å². The third kappa shape index (κ3) is 3.62. The van der Waals surface area contributed by atoms with E-state index in [9.17, 15) is 5.11 Å². The molecule has 0 aromatic heterocycles. The predicted octanol–water partition coefficient (Wildman–Crippen LogP) is 3.05. The average molecular weight is 313 g/mol. The van der Waals surface area contributed by atoms with E-state index in [1.54, 1.807) is 7.11 Å². The maximum atomic E-state index is 9.93. The molecule has 1 unspecified atom stereocenters. The molecule has 1 aliphatic heterocycles. The van der Waals surface area contributed by atoms with Crippen LogP contribution in [0.1, 0.15) is 31.9 Å². The number of piperazine rings is 1. The Balaban J connectivity index is 2.38. The van der Waals surface area contributed by atoms with Gasteiger partial charge in [-0.3, -0.25) is 4.90 Å². The number of halogens is 1. The molecule has 4 nitrogen and oxygen atoms in total. The number of methoxy groups -OCH3 is 1. The molecule has 118 valence electrons. The lowest BCUT2D eigenvalue weighted by Crippen LogP contribution is -2.46. The van der Waals surface area contributed by atoms with Gasteiger partial charge in [-0.1, -0.05) is 31.9 Å². The van der Waals surface area contributed by atoms with Crippen LogP contribution in [0.25, 0.3) is 0 Å². The molecule has 1 heterocycles. The van der Waals surface area contributed by atoms with Gasteiger partial charge < -0.3 is 15.2 Å². The smallest absolute Gasteiger partial charge is 0.176 e. The van der Waals surface area contributed by atoms with Crippen LogP contribution in [-0.4, -0.2) is 43.3 Å². The Morgan fingerprint density at radius 1 is 1.38 bits per heavy atom. The second-order valence-corrected chi connectivity index (χ2v) is 6.08. The molecule has 1 aliphatic rings. The second-order valence-electron chi connectivity index (χ2n) is 5.67. The number of phenols is 1. The second kappa shape index (κ2) is 7.34. The Kier molecular flexibility index (Phi) is 5.73. The van der Waals surface area contributed by atoms with Crippen molar-refractivity contribution in [2.24, 2.45) is 5.92 Å². The van der Waals surface area contributed by atoms with Gasteiger partial charge in [-0.2, -0.15) is 0 Å². The molecule has 5 heteroatoms. The van der Waals surface area contributed by atoms with E-state index in [2.05, 4.69) is 24.1 Å². The van der Waals surface area contributed by atoms with Crippen LogP contribution in [0.2, 0.25) is 5.02 Å².